The van der Waals surface area contributed by atoms with Crippen LogP contribution in [0.15, 0.2) is 102 Å². The van der Waals surface area contributed by atoms with Gasteiger partial charge >= 0.3 is 0 Å². The molecule has 0 fully saturated rings. The van der Waals surface area contributed by atoms with Gasteiger partial charge in [0.1, 0.15) is 24.2 Å². The Morgan fingerprint density at radius 2 is 1.62 bits per heavy atom. The highest BCUT2D eigenvalue weighted by molar-refractivity contribution is 7.99. The number of fused-ring (bicyclic) bond motifs is 1. The minimum atomic E-state index is -0.252. The van der Waals surface area contributed by atoms with Crippen molar-refractivity contribution in [3.8, 4) is 17.2 Å². The molecule has 4 aromatic carbocycles. The lowest BCUT2D eigenvalue weighted by Crippen LogP contribution is -2.19. The highest BCUT2D eigenvalue weighted by Crippen LogP contribution is 2.56. The van der Waals surface area contributed by atoms with Crippen molar-refractivity contribution in [1.82, 2.24) is 0 Å². The van der Waals surface area contributed by atoms with E-state index in [1.54, 1.807) is 30.0 Å². The lowest BCUT2D eigenvalue weighted by molar-refractivity contribution is 0.190. The molecule has 0 saturated heterocycles. The molecule has 0 amide bonds. The maximum Gasteiger partial charge on any atom is 0.293 e. The summed E-state index contributed by atoms with van der Waals surface area (Å²) in [7, 11) is 0. The van der Waals surface area contributed by atoms with Crippen LogP contribution < -0.4 is 9.47 Å². The predicted octanol–water partition coefficient (Wildman–Crippen LogP) is 7.59. The number of phenolic OH excluding ortho intramolecular Hbond substituents is 1. The lowest BCUT2D eigenvalue weighted by atomic mass is 10.00. The van der Waals surface area contributed by atoms with Crippen LogP contribution in [0.1, 0.15) is 28.0 Å². The van der Waals surface area contributed by atoms with Crippen LogP contribution in [0, 0.1) is 0 Å². The maximum absolute atomic E-state index is 7.10. The van der Waals surface area contributed by atoms with Crippen molar-refractivity contribution < 1.29 is 14.6 Å². The number of rotatable bonds is 6. The first kappa shape index (κ1) is 19.6. The minimum absolute atomic E-state index is 0.0157. The van der Waals surface area contributed by atoms with Gasteiger partial charge in [0.2, 0.25) is 0 Å². The summed E-state index contributed by atoms with van der Waals surface area (Å²) in [6, 6.07) is 31.6. The summed E-state index contributed by atoms with van der Waals surface area (Å²) in [5.74, 6) is 1.85. The predicted molar refractivity (Wildman–Crippen MR) is 129 cm³/mol. The lowest BCUT2D eigenvalue weighted by Gasteiger charge is -2.34. The first-order valence-corrected chi connectivity index (χ1v) is 11.6. The molecule has 0 aliphatic carbocycles. The summed E-state index contributed by atoms with van der Waals surface area (Å²) < 4.78 is 19.6. The molecule has 0 unspecified atom stereocenters. The largest absolute Gasteiger partial charge is 0.508 e. The number of phenols is 1. The van der Waals surface area contributed by atoms with E-state index in [-0.39, 0.29) is 11.4 Å². The van der Waals surface area contributed by atoms with E-state index in [2.05, 4.69) is 17.2 Å². The number of halogens is 1. The van der Waals surface area contributed by atoms with Crippen LogP contribution in [0.3, 0.4) is 0 Å². The molecule has 0 radical (unpaired) electrons. The van der Waals surface area contributed by atoms with Crippen molar-refractivity contribution in [2.75, 3.05) is 0 Å². The van der Waals surface area contributed by atoms with Crippen LogP contribution in [0.25, 0.3) is 0 Å². The topological polar surface area (TPSA) is 38.7 Å². The second-order valence-electron chi connectivity index (χ2n) is 7.56. The molecule has 4 aromatic rings. The Labute approximate surface area is 198 Å². The molecular formula is C27H21ClO3S. The van der Waals surface area contributed by atoms with Gasteiger partial charge in [-0.25, -0.2) is 0 Å². The second-order valence-corrected chi connectivity index (χ2v) is 9.15. The molecule has 1 heterocycles. The minimum Gasteiger partial charge on any atom is -0.508 e. The molecule has 32 heavy (non-hydrogen) atoms. The van der Waals surface area contributed by atoms with Crippen molar-refractivity contribution in [3.63, 3.8) is 0 Å². The number of hydrogen-bond acceptors (Lipinski definition) is 4. The highest BCUT2D eigenvalue weighted by atomic mass is 35.5. The van der Waals surface area contributed by atoms with Gasteiger partial charge in [0.15, 0.2) is 5.75 Å². The Kier molecular flexibility index (Phi) is 5.63. The van der Waals surface area contributed by atoms with Gasteiger partial charge in [-0.3, -0.25) is 0 Å². The Balaban J connectivity index is 1.47. The third-order valence-electron chi connectivity index (χ3n) is 5.34. The standard InChI is InChI=1S/C27H21ClO3S/c28-23-15-22(30-17-18-7-3-1-4-8-18)16-24-26(23)31-25(19-11-13-21(29)14-12-19)27(32-24)20-9-5-2-6-10-20/h1-16,25,27,29H,17H2/t25-,27+/m1/s1/i/hT. The van der Waals surface area contributed by atoms with Crippen LogP contribution in [-0.4, -0.2) is 6.54 Å². The molecule has 0 bridgehead atoms. The van der Waals surface area contributed by atoms with Gasteiger partial charge in [-0.05, 0) is 34.9 Å². The van der Waals surface area contributed by atoms with Gasteiger partial charge in [0.25, 0.3) is 1.43 Å². The Bertz CT molecular complexity index is 1220. The van der Waals surface area contributed by atoms with Crippen LogP contribution >= 0.6 is 23.4 Å². The van der Waals surface area contributed by atoms with Gasteiger partial charge in [0, 0.05) is 6.07 Å². The summed E-state index contributed by atoms with van der Waals surface area (Å²) in [6.07, 6.45) is -0.252. The van der Waals surface area contributed by atoms with E-state index in [0.717, 1.165) is 21.6 Å². The smallest absolute Gasteiger partial charge is 0.293 e. The molecule has 3 nitrogen and oxygen atoms in total. The molecule has 0 spiro atoms. The molecule has 0 saturated carbocycles. The van der Waals surface area contributed by atoms with Crippen molar-refractivity contribution >= 4 is 23.4 Å². The molecule has 1 aliphatic rings. The average molecular weight is 463 g/mol. The summed E-state index contributed by atoms with van der Waals surface area (Å²) in [5.41, 5.74) is 3.24. The van der Waals surface area contributed by atoms with Gasteiger partial charge in [-0.15, -0.1) is 11.8 Å². The number of hydrogen-bond donors (Lipinski definition) is 1. The molecule has 0 aromatic heterocycles. The average Bonchev–Trinajstić information content (AvgIpc) is 2.88. The van der Waals surface area contributed by atoms with Gasteiger partial charge < -0.3 is 14.6 Å². The van der Waals surface area contributed by atoms with E-state index < -0.39 is 0 Å². The van der Waals surface area contributed by atoms with Crippen molar-refractivity contribution in [1.29, 1.82) is 1.43 Å². The normalized spacial score (nSPS) is 17.6. The van der Waals surface area contributed by atoms with E-state index in [9.17, 15) is 0 Å². The zero-order valence-electron chi connectivity index (χ0n) is 18.1. The number of thioether (sulfide) groups is 1. The summed E-state index contributed by atoms with van der Waals surface area (Å²) in [5, 5.41) is 5.12. The highest BCUT2D eigenvalue weighted by Gasteiger charge is 2.35. The van der Waals surface area contributed by atoms with E-state index in [1.807, 2.05) is 66.7 Å². The quantitative estimate of drug-likeness (QED) is 0.320. The monoisotopic (exact) mass is 462 g/mol. The maximum atomic E-state index is 7.10. The fourth-order valence-corrected chi connectivity index (χ4v) is 5.41. The third kappa shape index (κ3) is 4.43. The van der Waals surface area contributed by atoms with Crippen molar-refractivity contribution in [2.24, 2.45) is 0 Å². The molecular weight excluding hydrogens is 440 g/mol. The summed E-state index contributed by atoms with van der Waals surface area (Å²) in [6.45, 7) is 0.469. The molecule has 5 heteroatoms. The zero-order valence-corrected chi connectivity index (χ0v) is 18.7. The number of benzene rings is 4. The SMILES string of the molecule is [3H]Oc1ccc([C@H]2Oc3c(Cl)cc(OCc4ccccc4)cc3S[C@H]2c2ccccc2)cc1. The Hall–Kier alpha value is -3.08. The molecule has 160 valence electrons. The van der Waals surface area contributed by atoms with Gasteiger partial charge in [-0.1, -0.05) is 84.4 Å². The van der Waals surface area contributed by atoms with Crippen LogP contribution in [0.5, 0.6) is 17.2 Å². The second kappa shape index (κ2) is 9.19. The van der Waals surface area contributed by atoms with Crippen molar-refractivity contribution in [3.05, 3.63) is 119 Å². The van der Waals surface area contributed by atoms with E-state index in [0.29, 0.717) is 28.9 Å². The number of aromatic hydroxyl groups is 1. The molecule has 1 aliphatic heterocycles. The zero-order chi connectivity index (χ0) is 22.6. The van der Waals surface area contributed by atoms with E-state index >= 15 is 0 Å². The first-order chi connectivity index (χ1) is 16.2. The van der Waals surface area contributed by atoms with E-state index in [1.165, 1.54) is 0 Å². The summed E-state index contributed by atoms with van der Waals surface area (Å²) in [4.78, 5) is 0.946. The number of ether oxygens (including phenoxy) is 2. The van der Waals surface area contributed by atoms with Gasteiger partial charge in [0.05, 0.1) is 15.2 Å². The van der Waals surface area contributed by atoms with Gasteiger partial charge in [-0.2, -0.15) is 0 Å². The summed E-state index contributed by atoms with van der Waals surface area (Å²) >= 11 is 8.38. The molecule has 5 rings (SSSR count). The Morgan fingerprint density at radius 3 is 2.34 bits per heavy atom. The van der Waals surface area contributed by atoms with Crippen LogP contribution in [0.2, 0.25) is 5.02 Å². The Morgan fingerprint density at radius 1 is 0.906 bits per heavy atom. The van der Waals surface area contributed by atoms with Crippen LogP contribution in [-0.2, 0) is 6.61 Å². The fraction of sp³-hybridized carbons (Fsp3) is 0.111. The van der Waals surface area contributed by atoms with Crippen molar-refractivity contribution in [2.45, 2.75) is 22.9 Å². The van der Waals surface area contributed by atoms with E-state index in [4.69, 9.17) is 22.5 Å². The molecule has 1 N–H and O–H groups in total. The third-order valence-corrected chi connectivity index (χ3v) is 6.95. The fourth-order valence-electron chi connectivity index (χ4n) is 3.74. The first-order valence-electron chi connectivity index (χ1n) is 10.7. The molecule has 2 atom stereocenters. The van der Waals surface area contributed by atoms with Crippen LogP contribution in [0.4, 0.5) is 0 Å².